The minimum atomic E-state index is 0.949. The van der Waals surface area contributed by atoms with Crippen molar-refractivity contribution in [2.24, 2.45) is 0 Å². The van der Waals surface area contributed by atoms with Gasteiger partial charge in [-0.05, 0) is 114 Å². The van der Waals surface area contributed by atoms with Crippen LogP contribution in [0, 0.1) is 27.7 Å². The lowest BCUT2D eigenvalue weighted by molar-refractivity contribution is 0.672. The summed E-state index contributed by atoms with van der Waals surface area (Å²) in [6.45, 7) is 8.70. The lowest BCUT2D eigenvalue weighted by atomic mass is 9.90. The average Bonchev–Trinajstić information content (AvgIpc) is 3.45. The van der Waals surface area contributed by atoms with Gasteiger partial charge in [0.05, 0.1) is 11.0 Å². The Hall–Kier alpha value is -4.82. The summed E-state index contributed by atoms with van der Waals surface area (Å²) >= 11 is 0. The van der Waals surface area contributed by atoms with Crippen LogP contribution in [0.1, 0.15) is 22.3 Å². The molecule has 2 aromatic heterocycles. The molecule has 0 bridgehead atoms. The van der Waals surface area contributed by atoms with Gasteiger partial charge in [0.2, 0.25) is 0 Å². The number of rotatable bonds is 1. The summed E-state index contributed by atoms with van der Waals surface area (Å²) in [4.78, 5) is 0. The Balaban J connectivity index is 1.49. The number of fused-ring (bicyclic) bond motifs is 8. The number of benzene rings is 7. The average molecular weight is 514 g/mol. The highest BCUT2D eigenvalue weighted by atomic mass is 16.3. The molecule has 0 saturated carbocycles. The van der Waals surface area contributed by atoms with Crippen molar-refractivity contribution in [3.05, 3.63) is 113 Å². The second-order valence-electron chi connectivity index (χ2n) is 11.8. The van der Waals surface area contributed by atoms with Crippen molar-refractivity contribution in [2.75, 3.05) is 0 Å². The van der Waals surface area contributed by atoms with Crippen LogP contribution in [0.15, 0.2) is 95.4 Å². The van der Waals surface area contributed by atoms with Crippen molar-refractivity contribution < 1.29 is 4.42 Å². The van der Waals surface area contributed by atoms with Gasteiger partial charge in [0.15, 0.2) is 0 Å². The third-order valence-electron chi connectivity index (χ3n) is 8.84. The van der Waals surface area contributed by atoms with Gasteiger partial charge >= 0.3 is 0 Å². The maximum Gasteiger partial charge on any atom is 0.143 e. The topological polar surface area (TPSA) is 18.1 Å². The van der Waals surface area contributed by atoms with Crippen molar-refractivity contribution in [3.8, 4) is 5.69 Å². The van der Waals surface area contributed by atoms with E-state index in [1.807, 2.05) is 0 Å². The number of hydrogen-bond donors (Lipinski definition) is 0. The normalized spacial score (nSPS) is 12.5. The molecule has 0 aliphatic rings. The molecular weight excluding hydrogens is 486 g/mol. The van der Waals surface area contributed by atoms with Crippen molar-refractivity contribution in [1.29, 1.82) is 0 Å². The van der Waals surface area contributed by atoms with E-state index >= 15 is 0 Å². The number of hydrogen-bond acceptors (Lipinski definition) is 1. The van der Waals surface area contributed by atoms with Gasteiger partial charge in [-0.1, -0.05) is 48.0 Å². The van der Waals surface area contributed by atoms with E-state index in [1.165, 1.54) is 92.8 Å². The van der Waals surface area contributed by atoms with E-state index in [4.69, 9.17) is 4.42 Å². The largest absolute Gasteiger partial charge is 0.455 e. The van der Waals surface area contributed by atoms with Gasteiger partial charge in [-0.3, -0.25) is 0 Å². The van der Waals surface area contributed by atoms with Crippen LogP contribution in [0.2, 0.25) is 0 Å². The highest BCUT2D eigenvalue weighted by Crippen LogP contribution is 2.46. The van der Waals surface area contributed by atoms with Crippen LogP contribution < -0.4 is 0 Å². The molecule has 0 unspecified atom stereocenters. The standard InChI is InChI=1S/C38H27NO/c1-20-6-12-34-30(16-20)31-18-24-7-10-28-35-25(8-11-29(36(24)35)38(31)40-34)19-33-37(28)27-9-5-21(2)17-32(27)39(33)26-14-22(3)13-23(4)15-26/h5-19H,1-4H3. The zero-order valence-corrected chi connectivity index (χ0v) is 23.0. The van der Waals surface area contributed by atoms with E-state index in [9.17, 15) is 0 Å². The van der Waals surface area contributed by atoms with E-state index in [-0.39, 0.29) is 0 Å². The lowest BCUT2D eigenvalue weighted by Crippen LogP contribution is -1.96. The van der Waals surface area contributed by atoms with Crippen molar-refractivity contribution in [3.63, 3.8) is 0 Å². The SMILES string of the molecule is Cc1cc(C)cc(-n2c3cc(C)ccc3c3c4ccc5cc6c7cc(C)ccc7oc6c6ccc(cc32)c4c56)c1. The molecule has 0 atom stereocenters. The fourth-order valence-electron chi connectivity index (χ4n) is 7.26. The Bertz CT molecular complexity index is 2500. The van der Waals surface area contributed by atoms with Crippen LogP contribution in [0.5, 0.6) is 0 Å². The molecule has 40 heavy (non-hydrogen) atoms. The van der Waals surface area contributed by atoms with Gasteiger partial charge in [0, 0.05) is 38.0 Å². The molecule has 2 heterocycles. The number of aryl methyl sites for hydroxylation is 4. The van der Waals surface area contributed by atoms with Crippen LogP contribution in [-0.4, -0.2) is 4.57 Å². The maximum atomic E-state index is 6.52. The molecule has 0 amide bonds. The number of aromatic nitrogens is 1. The third-order valence-corrected chi connectivity index (χ3v) is 8.84. The fourth-order valence-corrected chi connectivity index (χ4v) is 7.26. The van der Waals surface area contributed by atoms with Crippen LogP contribution in [0.3, 0.4) is 0 Å². The molecule has 0 N–H and O–H groups in total. The highest BCUT2D eigenvalue weighted by Gasteiger charge is 2.21. The summed E-state index contributed by atoms with van der Waals surface area (Å²) in [6.07, 6.45) is 0. The Morgan fingerprint density at radius 2 is 1.12 bits per heavy atom. The van der Waals surface area contributed by atoms with Gasteiger partial charge in [-0.15, -0.1) is 0 Å². The molecule has 0 fully saturated rings. The minimum Gasteiger partial charge on any atom is -0.455 e. The Morgan fingerprint density at radius 3 is 1.95 bits per heavy atom. The first-order valence-electron chi connectivity index (χ1n) is 14.0. The molecule has 2 nitrogen and oxygen atoms in total. The molecule has 2 heteroatoms. The van der Waals surface area contributed by atoms with Gasteiger partial charge in [0.25, 0.3) is 0 Å². The zero-order valence-electron chi connectivity index (χ0n) is 23.0. The Kier molecular flexibility index (Phi) is 4.09. The summed E-state index contributed by atoms with van der Waals surface area (Å²) in [5.74, 6) is 0. The van der Waals surface area contributed by atoms with E-state index in [2.05, 4.69) is 123 Å². The van der Waals surface area contributed by atoms with E-state index in [0.717, 1.165) is 11.2 Å². The molecule has 9 aromatic rings. The van der Waals surface area contributed by atoms with Gasteiger partial charge in [0.1, 0.15) is 11.2 Å². The third kappa shape index (κ3) is 2.78. The quantitative estimate of drug-likeness (QED) is 0.200. The molecule has 0 aliphatic carbocycles. The van der Waals surface area contributed by atoms with Crippen molar-refractivity contribution >= 4 is 76.1 Å². The first-order valence-corrected chi connectivity index (χ1v) is 14.0. The molecule has 0 aliphatic heterocycles. The predicted octanol–water partition coefficient (Wildman–Crippen LogP) is 10.8. The number of nitrogens with zero attached hydrogens (tertiary/aromatic N) is 1. The van der Waals surface area contributed by atoms with E-state index in [1.54, 1.807) is 0 Å². The fraction of sp³-hybridized carbons (Fsp3) is 0.105. The molecule has 0 saturated heterocycles. The molecule has 7 aromatic carbocycles. The highest BCUT2D eigenvalue weighted by molar-refractivity contribution is 6.36. The van der Waals surface area contributed by atoms with Crippen LogP contribution in [0.25, 0.3) is 81.7 Å². The minimum absolute atomic E-state index is 0.949. The van der Waals surface area contributed by atoms with Crippen LogP contribution in [-0.2, 0) is 0 Å². The zero-order chi connectivity index (χ0) is 26.9. The van der Waals surface area contributed by atoms with Gasteiger partial charge in [-0.2, -0.15) is 0 Å². The summed E-state index contributed by atoms with van der Waals surface area (Å²) in [7, 11) is 0. The van der Waals surface area contributed by atoms with Crippen molar-refractivity contribution in [1.82, 2.24) is 4.57 Å². The monoisotopic (exact) mass is 513 g/mol. The van der Waals surface area contributed by atoms with Gasteiger partial charge in [-0.25, -0.2) is 0 Å². The Labute approximate surface area is 231 Å². The number of furan rings is 1. The second kappa shape index (κ2) is 7.43. The first kappa shape index (κ1) is 22.0. The second-order valence-corrected chi connectivity index (χ2v) is 11.8. The molecule has 0 spiro atoms. The van der Waals surface area contributed by atoms with Gasteiger partial charge < -0.3 is 8.98 Å². The molecule has 0 radical (unpaired) electrons. The van der Waals surface area contributed by atoms with Crippen molar-refractivity contribution in [2.45, 2.75) is 27.7 Å². The summed E-state index contributed by atoms with van der Waals surface area (Å²) in [6, 6.07) is 34.1. The van der Waals surface area contributed by atoms with Crippen LogP contribution >= 0.6 is 0 Å². The van der Waals surface area contributed by atoms with E-state index < -0.39 is 0 Å². The molecule has 9 rings (SSSR count). The first-order chi connectivity index (χ1) is 19.4. The smallest absolute Gasteiger partial charge is 0.143 e. The predicted molar refractivity (Wildman–Crippen MR) is 171 cm³/mol. The summed E-state index contributed by atoms with van der Waals surface area (Å²) < 4.78 is 8.98. The molecule has 190 valence electrons. The Morgan fingerprint density at radius 1 is 0.450 bits per heavy atom. The lowest BCUT2D eigenvalue weighted by Gasteiger charge is -2.14. The summed E-state index contributed by atoms with van der Waals surface area (Å²) in [5, 5.41) is 12.6. The molecular formula is C38H27NO. The van der Waals surface area contributed by atoms with E-state index in [0.29, 0.717) is 0 Å². The van der Waals surface area contributed by atoms with Crippen LogP contribution in [0.4, 0.5) is 0 Å². The maximum absolute atomic E-state index is 6.52. The summed E-state index contributed by atoms with van der Waals surface area (Å²) in [5.41, 5.74) is 10.7.